The number of fused-ring (bicyclic) bond motifs is 4. The first-order valence-corrected chi connectivity index (χ1v) is 16.3. The van der Waals surface area contributed by atoms with Gasteiger partial charge in [0.2, 0.25) is 0 Å². The van der Waals surface area contributed by atoms with Crippen LogP contribution in [0.4, 0.5) is 0 Å². The average Bonchev–Trinajstić information content (AvgIpc) is 2.91. The van der Waals surface area contributed by atoms with Gasteiger partial charge in [-0.2, -0.15) is 0 Å². The lowest BCUT2D eigenvalue weighted by Gasteiger charge is -2.55. The molecule has 4 atom stereocenters. The Morgan fingerprint density at radius 2 is 0.929 bits per heavy atom. The van der Waals surface area contributed by atoms with Crippen molar-refractivity contribution >= 4 is 62.8 Å². The Kier molecular flexibility index (Phi) is 7.38. The molecule has 2 aromatic rings. The third kappa shape index (κ3) is 4.91. The first-order valence-electron chi connectivity index (χ1n) is 14.2. The number of hydrogen-bond acceptors (Lipinski definition) is 7. The van der Waals surface area contributed by atoms with E-state index in [4.69, 9.17) is 18.9 Å². The largest absolute Gasteiger partial charge is 0.483 e. The summed E-state index contributed by atoms with van der Waals surface area (Å²) in [5.74, 6) is 2.10. The molecule has 4 aliphatic heterocycles. The standard InChI is InChI=1S/C31H34I2N2O7/c1-15-17(3)41-25-9-21(32)19(7-23(25)39-15)27(36)34-11-30(5)13-35(14-31(6,12-34)29(30)38)28(37)20-8-24-26(10-22(20)33)42-18(4)16(2)40-24/h7-10,15-18H,11-14H2,1-6H3. The van der Waals surface area contributed by atoms with Crippen LogP contribution in [-0.4, -0.2) is 78.0 Å². The molecule has 2 amide bonds. The molecule has 224 valence electrons. The number of piperidine rings is 2. The van der Waals surface area contributed by atoms with Crippen LogP contribution in [0.5, 0.6) is 23.0 Å². The van der Waals surface area contributed by atoms with E-state index < -0.39 is 10.8 Å². The van der Waals surface area contributed by atoms with Crippen molar-refractivity contribution in [3.8, 4) is 23.0 Å². The number of Topliss-reactive ketones (excluding diaryl/α,β-unsaturated/α-hetero) is 1. The fraction of sp³-hybridized carbons (Fsp3) is 0.516. The van der Waals surface area contributed by atoms with Crippen LogP contribution in [0.2, 0.25) is 0 Å². The van der Waals surface area contributed by atoms with Crippen LogP contribution >= 0.6 is 45.2 Å². The van der Waals surface area contributed by atoms with Crippen molar-refractivity contribution in [1.82, 2.24) is 9.80 Å². The number of benzene rings is 2. The van der Waals surface area contributed by atoms with E-state index in [9.17, 15) is 14.4 Å². The van der Waals surface area contributed by atoms with Gasteiger partial charge in [0, 0.05) is 33.3 Å². The lowest BCUT2D eigenvalue weighted by molar-refractivity contribution is -0.153. The highest BCUT2D eigenvalue weighted by Gasteiger charge is 2.57. The number of hydrogen-bond donors (Lipinski definition) is 0. The quantitative estimate of drug-likeness (QED) is 0.387. The van der Waals surface area contributed by atoms with E-state index >= 15 is 0 Å². The Hall–Kier alpha value is -2.29. The van der Waals surface area contributed by atoms with Crippen molar-refractivity contribution in [2.24, 2.45) is 10.8 Å². The van der Waals surface area contributed by atoms with Crippen molar-refractivity contribution in [2.45, 2.75) is 66.0 Å². The minimum atomic E-state index is -0.914. The number of carbonyl (C=O) groups is 3. The molecule has 0 aromatic heterocycles. The predicted molar refractivity (Wildman–Crippen MR) is 172 cm³/mol. The molecule has 0 N–H and O–H groups in total. The van der Waals surface area contributed by atoms with Crippen LogP contribution in [0.15, 0.2) is 24.3 Å². The fourth-order valence-electron chi connectivity index (χ4n) is 6.49. The Balaban J connectivity index is 1.26. The molecule has 2 fully saturated rings. The van der Waals surface area contributed by atoms with Gasteiger partial charge in [-0.3, -0.25) is 14.4 Å². The zero-order chi connectivity index (χ0) is 30.3. The lowest BCUT2D eigenvalue weighted by Crippen LogP contribution is -2.69. The van der Waals surface area contributed by atoms with Crippen LogP contribution in [0.1, 0.15) is 62.3 Å². The number of amides is 2. The number of ketones is 1. The molecule has 6 rings (SSSR count). The van der Waals surface area contributed by atoms with Crippen LogP contribution in [0.25, 0.3) is 0 Å². The van der Waals surface area contributed by atoms with E-state index in [-0.39, 0.29) is 68.2 Å². The van der Waals surface area contributed by atoms with Gasteiger partial charge in [0.25, 0.3) is 11.8 Å². The minimum Gasteiger partial charge on any atom is -0.483 e. The predicted octanol–water partition coefficient (Wildman–Crippen LogP) is 5.19. The van der Waals surface area contributed by atoms with E-state index in [0.717, 1.165) is 7.14 Å². The van der Waals surface area contributed by atoms with Crippen molar-refractivity contribution in [3.63, 3.8) is 0 Å². The van der Waals surface area contributed by atoms with Crippen molar-refractivity contribution < 1.29 is 33.3 Å². The summed E-state index contributed by atoms with van der Waals surface area (Å²) in [6.07, 6.45) is -0.465. The molecule has 2 aromatic carbocycles. The van der Waals surface area contributed by atoms with Gasteiger partial charge in [0.1, 0.15) is 24.4 Å². The SMILES string of the molecule is CC1Oc2cc(I)c(C(=O)N3CC4(C)CN(C(=O)c5cc6c(cc5I)OC(C)C(C)O6)CC(C)(C3)C4=O)cc2OC1C. The topological polar surface area (TPSA) is 94.6 Å². The first-order chi connectivity index (χ1) is 19.7. The number of rotatable bonds is 2. The van der Waals surface area contributed by atoms with Gasteiger partial charge in [-0.15, -0.1) is 0 Å². The molecular formula is C31H34I2N2O7. The average molecular weight is 800 g/mol. The fourth-order valence-corrected chi connectivity index (χ4v) is 7.83. The monoisotopic (exact) mass is 800 g/mol. The van der Waals surface area contributed by atoms with Crippen LogP contribution in [-0.2, 0) is 4.79 Å². The summed E-state index contributed by atoms with van der Waals surface area (Å²) < 4.78 is 25.5. The third-order valence-corrected chi connectivity index (χ3v) is 10.7. The number of ether oxygens (including phenoxy) is 4. The normalized spacial score (nSPS) is 31.6. The van der Waals surface area contributed by atoms with E-state index in [1.54, 1.807) is 21.9 Å². The summed E-state index contributed by atoms with van der Waals surface area (Å²) in [4.78, 5) is 45.2. The maximum absolute atomic E-state index is 13.9. The van der Waals surface area contributed by atoms with Gasteiger partial charge in [-0.25, -0.2) is 0 Å². The molecule has 2 saturated heterocycles. The van der Waals surface area contributed by atoms with Gasteiger partial charge in [0.05, 0.1) is 22.0 Å². The number of carbonyl (C=O) groups excluding carboxylic acids is 3. The van der Waals surface area contributed by atoms with Crippen LogP contribution in [0, 0.1) is 18.0 Å². The molecule has 0 spiro atoms. The number of likely N-dealkylation sites (tertiary alicyclic amines) is 2. The van der Waals surface area contributed by atoms with Crippen molar-refractivity contribution in [3.05, 3.63) is 42.5 Å². The summed E-state index contributed by atoms with van der Waals surface area (Å²) in [7, 11) is 0. The van der Waals surface area contributed by atoms with Gasteiger partial charge >= 0.3 is 0 Å². The second-order valence-electron chi connectivity index (χ2n) is 12.6. The van der Waals surface area contributed by atoms with Gasteiger partial charge in [0.15, 0.2) is 28.8 Å². The van der Waals surface area contributed by atoms with E-state index in [2.05, 4.69) is 45.2 Å². The summed E-state index contributed by atoms with van der Waals surface area (Å²) in [6.45, 7) is 12.4. The zero-order valence-electron chi connectivity index (χ0n) is 24.5. The molecule has 2 bridgehead atoms. The van der Waals surface area contributed by atoms with E-state index in [1.165, 1.54) is 0 Å². The summed E-state index contributed by atoms with van der Waals surface area (Å²) in [6, 6.07) is 7.17. The molecule has 0 saturated carbocycles. The third-order valence-electron chi connectivity index (χ3n) is 8.93. The van der Waals surface area contributed by atoms with Crippen molar-refractivity contribution in [2.75, 3.05) is 26.2 Å². The Morgan fingerprint density at radius 3 is 1.24 bits per heavy atom. The van der Waals surface area contributed by atoms with Crippen molar-refractivity contribution in [1.29, 1.82) is 0 Å². The number of halogens is 2. The second kappa shape index (κ2) is 10.4. The smallest absolute Gasteiger partial charge is 0.255 e. The minimum absolute atomic E-state index is 0.0856. The molecule has 0 aliphatic carbocycles. The molecule has 4 unspecified atom stereocenters. The highest BCUT2D eigenvalue weighted by Crippen LogP contribution is 2.45. The summed E-state index contributed by atoms with van der Waals surface area (Å²) in [5, 5.41) is 0. The highest BCUT2D eigenvalue weighted by atomic mass is 127. The van der Waals surface area contributed by atoms with Crippen LogP contribution < -0.4 is 18.9 Å². The van der Waals surface area contributed by atoms with Gasteiger partial charge in [-0.05, 0) is 111 Å². The molecule has 0 radical (unpaired) electrons. The lowest BCUT2D eigenvalue weighted by atomic mass is 9.64. The summed E-state index contributed by atoms with van der Waals surface area (Å²) >= 11 is 4.30. The zero-order valence-corrected chi connectivity index (χ0v) is 28.8. The maximum Gasteiger partial charge on any atom is 0.255 e. The summed E-state index contributed by atoms with van der Waals surface area (Å²) in [5.41, 5.74) is -0.797. The molecular weight excluding hydrogens is 766 g/mol. The first kappa shape index (κ1) is 29.8. The highest BCUT2D eigenvalue weighted by molar-refractivity contribution is 14.1. The Morgan fingerprint density at radius 1 is 0.643 bits per heavy atom. The Labute approximate surface area is 272 Å². The maximum atomic E-state index is 13.9. The van der Waals surface area contributed by atoms with Gasteiger partial charge in [-0.1, -0.05) is 0 Å². The number of nitrogens with zero attached hydrogens (tertiary/aromatic N) is 2. The molecule has 9 nitrogen and oxygen atoms in total. The molecule has 42 heavy (non-hydrogen) atoms. The molecule has 4 aliphatic rings. The molecule has 11 heteroatoms. The Bertz CT molecular complexity index is 1390. The van der Waals surface area contributed by atoms with Gasteiger partial charge < -0.3 is 28.7 Å². The van der Waals surface area contributed by atoms with Crippen LogP contribution in [0.3, 0.4) is 0 Å². The molecule has 4 heterocycles. The second-order valence-corrected chi connectivity index (χ2v) is 14.9. The van der Waals surface area contributed by atoms with E-state index in [1.807, 2.05) is 53.7 Å². The van der Waals surface area contributed by atoms with E-state index in [0.29, 0.717) is 34.1 Å².